The summed E-state index contributed by atoms with van der Waals surface area (Å²) >= 11 is 6.96. The summed E-state index contributed by atoms with van der Waals surface area (Å²) in [4.78, 5) is 29.7. The Balaban J connectivity index is 2.05. The third kappa shape index (κ3) is 3.26. The quantitative estimate of drug-likeness (QED) is 0.623. The summed E-state index contributed by atoms with van der Waals surface area (Å²) in [5.41, 5.74) is -1.12. The zero-order valence-corrected chi connectivity index (χ0v) is 15.2. The number of aryl methyl sites for hydroxylation is 1. The van der Waals surface area contributed by atoms with E-state index in [-0.39, 0.29) is 35.3 Å². The predicted molar refractivity (Wildman–Crippen MR) is 90.0 cm³/mol. The van der Waals surface area contributed by atoms with Crippen molar-refractivity contribution in [1.29, 1.82) is 0 Å². The number of fused-ring (bicyclic) bond motifs is 1. The Labute approximate surface area is 153 Å². The monoisotopic (exact) mass is 404 g/mol. The number of ketones is 1. The lowest BCUT2D eigenvalue weighted by Crippen LogP contribution is -2.20. The van der Waals surface area contributed by atoms with Gasteiger partial charge < -0.3 is 0 Å². The zero-order valence-electron chi connectivity index (χ0n) is 13.6. The molecule has 0 bridgehead atoms. The van der Waals surface area contributed by atoms with Crippen LogP contribution in [0, 0.1) is 6.92 Å². The van der Waals surface area contributed by atoms with Gasteiger partial charge in [-0.1, -0.05) is 18.5 Å². The highest BCUT2D eigenvalue weighted by Crippen LogP contribution is 2.30. The number of carbonyl (C=O) groups excluding carboxylic acids is 1. The van der Waals surface area contributed by atoms with Crippen molar-refractivity contribution in [3.05, 3.63) is 49.6 Å². The zero-order chi connectivity index (χ0) is 19.2. The molecule has 3 aromatic rings. The second-order valence-electron chi connectivity index (χ2n) is 5.49. The van der Waals surface area contributed by atoms with Crippen molar-refractivity contribution >= 4 is 33.7 Å². The first kappa shape index (κ1) is 18.6. The van der Waals surface area contributed by atoms with Crippen LogP contribution in [0.4, 0.5) is 13.2 Å². The number of nitrogens with zero attached hydrogens (tertiary/aromatic N) is 4. The molecule has 0 aromatic carbocycles. The molecule has 0 atom stereocenters. The average Bonchev–Trinajstić information content (AvgIpc) is 3.07. The maximum absolute atomic E-state index is 12.7. The molecule has 3 heterocycles. The van der Waals surface area contributed by atoms with Crippen LogP contribution < -0.4 is 5.56 Å². The summed E-state index contributed by atoms with van der Waals surface area (Å²) in [6.45, 7) is 3.20. The molecule has 138 valence electrons. The molecular weight excluding hydrogens is 393 g/mol. The first-order valence-electron chi connectivity index (χ1n) is 7.47. The number of carbonyl (C=O) groups is 1. The van der Waals surface area contributed by atoms with Gasteiger partial charge in [0.25, 0.3) is 5.56 Å². The van der Waals surface area contributed by atoms with Crippen LogP contribution >= 0.6 is 22.9 Å². The van der Waals surface area contributed by atoms with Gasteiger partial charge in [-0.15, -0.1) is 11.3 Å². The lowest BCUT2D eigenvalue weighted by atomic mass is 10.2. The highest BCUT2D eigenvalue weighted by Gasteiger charge is 2.34. The highest BCUT2D eigenvalue weighted by molar-refractivity contribution is 7.17. The number of halogens is 4. The Morgan fingerprint density at radius 1 is 1.35 bits per heavy atom. The molecule has 0 spiro atoms. The van der Waals surface area contributed by atoms with E-state index in [1.807, 2.05) is 0 Å². The standard InChI is InChI=1S/C15H12ClF3N4O2S/c1-3-9(24)13-7(2)26-14-20-8(4-12(25)23(13)14)6-22-11(16)5-10(21-22)15(17,18)19/h4-5H,3,6H2,1-2H3. The van der Waals surface area contributed by atoms with Gasteiger partial charge >= 0.3 is 6.18 Å². The van der Waals surface area contributed by atoms with E-state index in [9.17, 15) is 22.8 Å². The summed E-state index contributed by atoms with van der Waals surface area (Å²) in [6, 6.07) is 1.87. The van der Waals surface area contributed by atoms with Crippen LogP contribution in [0.5, 0.6) is 0 Å². The lowest BCUT2D eigenvalue weighted by molar-refractivity contribution is -0.141. The minimum atomic E-state index is -4.62. The Hall–Kier alpha value is -2.20. The van der Waals surface area contributed by atoms with Gasteiger partial charge in [0, 0.05) is 23.4 Å². The topological polar surface area (TPSA) is 69.3 Å². The number of alkyl halides is 3. The van der Waals surface area contributed by atoms with Crippen molar-refractivity contribution in [2.24, 2.45) is 0 Å². The number of aromatic nitrogens is 4. The van der Waals surface area contributed by atoms with Crippen molar-refractivity contribution < 1.29 is 18.0 Å². The van der Waals surface area contributed by atoms with E-state index in [1.165, 1.54) is 4.40 Å². The summed E-state index contributed by atoms with van der Waals surface area (Å²) in [6.07, 6.45) is -4.38. The Morgan fingerprint density at radius 2 is 2.04 bits per heavy atom. The molecule has 0 saturated carbocycles. The van der Waals surface area contributed by atoms with E-state index in [0.717, 1.165) is 22.1 Å². The first-order chi connectivity index (χ1) is 12.1. The van der Waals surface area contributed by atoms with Crippen LogP contribution in [0.2, 0.25) is 5.15 Å². The van der Waals surface area contributed by atoms with Crippen LogP contribution in [0.3, 0.4) is 0 Å². The molecular formula is C15H12ClF3N4O2S. The molecule has 0 N–H and O–H groups in total. The van der Waals surface area contributed by atoms with Gasteiger partial charge in [-0.25, -0.2) is 14.1 Å². The molecule has 0 aliphatic heterocycles. The molecule has 0 radical (unpaired) electrons. The number of rotatable bonds is 4. The third-order valence-electron chi connectivity index (χ3n) is 3.66. The van der Waals surface area contributed by atoms with Crippen LogP contribution in [0.15, 0.2) is 16.9 Å². The van der Waals surface area contributed by atoms with E-state index >= 15 is 0 Å². The normalized spacial score (nSPS) is 12.1. The molecule has 0 unspecified atom stereocenters. The molecule has 6 nitrogen and oxygen atoms in total. The molecule has 0 saturated heterocycles. The average molecular weight is 405 g/mol. The maximum Gasteiger partial charge on any atom is 0.435 e. The van der Waals surface area contributed by atoms with Crippen LogP contribution in [0.25, 0.3) is 4.96 Å². The van der Waals surface area contributed by atoms with E-state index in [4.69, 9.17) is 11.6 Å². The number of thiazole rings is 1. The smallest absolute Gasteiger partial charge is 0.292 e. The minimum absolute atomic E-state index is 0.185. The van der Waals surface area contributed by atoms with Gasteiger partial charge in [0.15, 0.2) is 16.4 Å². The summed E-state index contributed by atoms with van der Waals surface area (Å²) in [5, 5.41) is 3.19. The van der Waals surface area contributed by atoms with E-state index in [1.54, 1.807) is 13.8 Å². The Kier molecular flexibility index (Phi) is 4.65. The van der Waals surface area contributed by atoms with Gasteiger partial charge in [-0.05, 0) is 6.92 Å². The second kappa shape index (κ2) is 6.51. The maximum atomic E-state index is 12.7. The summed E-state index contributed by atoms with van der Waals surface area (Å²) < 4.78 is 40.3. The molecule has 0 aliphatic rings. The summed E-state index contributed by atoms with van der Waals surface area (Å²) in [5.74, 6) is -0.185. The van der Waals surface area contributed by atoms with E-state index in [2.05, 4.69) is 10.1 Å². The van der Waals surface area contributed by atoms with Crippen molar-refractivity contribution in [2.75, 3.05) is 0 Å². The highest BCUT2D eigenvalue weighted by atomic mass is 35.5. The second-order valence-corrected chi connectivity index (χ2v) is 7.06. The van der Waals surface area contributed by atoms with Gasteiger partial charge in [0.05, 0.1) is 12.2 Å². The molecule has 0 amide bonds. The van der Waals surface area contributed by atoms with Gasteiger partial charge in [0.1, 0.15) is 10.8 Å². The van der Waals surface area contributed by atoms with E-state index < -0.39 is 17.4 Å². The van der Waals surface area contributed by atoms with Crippen molar-refractivity contribution in [3.63, 3.8) is 0 Å². The fourth-order valence-electron chi connectivity index (χ4n) is 2.49. The fourth-order valence-corrected chi connectivity index (χ4v) is 3.70. The minimum Gasteiger partial charge on any atom is -0.292 e. The Morgan fingerprint density at radius 3 is 2.62 bits per heavy atom. The number of hydrogen-bond donors (Lipinski definition) is 0. The predicted octanol–water partition coefficient (Wildman–Crippen LogP) is 3.57. The Bertz CT molecular complexity index is 1070. The lowest BCUT2D eigenvalue weighted by Gasteiger charge is -2.05. The number of hydrogen-bond acceptors (Lipinski definition) is 5. The van der Waals surface area contributed by atoms with E-state index in [0.29, 0.717) is 15.9 Å². The molecule has 0 aliphatic carbocycles. The SMILES string of the molecule is CCC(=O)c1c(C)sc2nc(Cn3nc(C(F)(F)F)cc3Cl)cc(=O)n12. The molecule has 3 rings (SSSR count). The first-order valence-corrected chi connectivity index (χ1v) is 8.67. The van der Waals surface area contributed by atoms with Gasteiger partial charge in [0.2, 0.25) is 0 Å². The number of Topliss-reactive ketones (excluding diaryl/α,β-unsaturated/α-hetero) is 1. The molecule has 26 heavy (non-hydrogen) atoms. The van der Waals surface area contributed by atoms with Gasteiger partial charge in [-0.2, -0.15) is 18.3 Å². The van der Waals surface area contributed by atoms with Crippen molar-refractivity contribution in [3.8, 4) is 0 Å². The van der Waals surface area contributed by atoms with Crippen molar-refractivity contribution in [1.82, 2.24) is 19.2 Å². The van der Waals surface area contributed by atoms with Crippen LogP contribution in [-0.2, 0) is 12.7 Å². The van der Waals surface area contributed by atoms with Crippen LogP contribution in [-0.4, -0.2) is 24.9 Å². The molecule has 11 heteroatoms. The molecule has 3 aromatic heterocycles. The largest absolute Gasteiger partial charge is 0.435 e. The summed E-state index contributed by atoms with van der Waals surface area (Å²) in [7, 11) is 0. The van der Waals surface area contributed by atoms with Crippen molar-refractivity contribution in [2.45, 2.75) is 33.0 Å². The third-order valence-corrected chi connectivity index (χ3v) is 4.92. The molecule has 0 fully saturated rings. The fraction of sp³-hybridized carbons (Fsp3) is 0.333. The van der Waals surface area contributed by atoms with Gasteiger partial charge in [-0.3, -0.25) is 9.59 Å². The van der Waals surface area contributed by atoms with Crippen LogP contribution in [0.1, 0.15) is 40.1 Å².